The van der Waals surface area contributed by atoms with Crippen molar-refractivity contribution in [1.29, 1.82) is 0 Å². The highest BCUT2D eigenvalue weighted by molar-refractivity contribution is 6.30. The molecule has 2 atom stereocenters. The molecule has 1 aromatic rings. The van der Waals surface area contributed by atoms with E-state index in [1.807, 2.05) is 0 Å². The minimum absolute atomic E-state index is 0.149. The van der Waals surface area contributed by atoms with Gasteiger partial charge in [0.05, 0.1) is 12.6 Å². The van der Waals surface area contributed by atoms with Crippen LogP contribution in [0.3, 0.4) is 0 Å². The highest BCUT2D eigenvalue weighted by Gasteiger charge is 2.57. The van der Waals surface area contributed by atoms with Gasteiger partial charge in [0, 0.05) is 18.0 Å². The third-order valence-electron chi connectivity index (χ3n) is 3.75. The number of urea groups is 1. The van der Waals surface area contributed by atoms with Gasteiger partial charge in [-0.2, -0.15) is 13.2 Å². The second kappa shape index (κ2) is 5.96. The Bertz CT molecular complexity index is 567. The van der Waals surface area contributed by atoms with E-state index in [1.165, 1.54) is 0 Å². The number of likely N-dealkylation sites (tertiary alicyclic amines) is 1. The van der Waals surface area contributed by atoms with Crippen molar-refractivity contribution in [3.8, 4) is 0 Å². The Balaban J connectivity index is 1.99. The van der Waals surface area contributed by atoms with E-state index in [4.69, 9.17) is 11.6 Å². The van der Waals surface area contributed by atoms with E-state index in [1.54, 1.807) is 31.2 Å². The second-order valence-electron chi connectivity index (χ2n) is 5.43. The van der Waals surface area contributed by atoms with E-state index in [2.05, 4.69) is 5.32 Å². The molecule has 1 aliphatic heterocycles. The molecule has 2 N–H and O–H groups in total. The van der Waals surface area contributed by atoms with Crippen LogP contribution in [0, 0.1) is 0 Å². The number of carbonyl (C=O) groups is 1. The molecule has 4 nitrogen and oxygen atoms in total. The lowest BCUT2D eigenvalue weighted by Gasteiger charge is -2.26. The smallest absolute Gasteiger partial charge is 0.379 e. The number of hydrogen-bond donors (Lipinski definition) is 2. The summed E-state index contributed by atoms with van der Waals surface area (Å²) in [6.45, 7) is 0.796. The van der Waals surface area contributed by atoms with E-state index in [0.717, 1.165) is 10.5 Å². The monoisotopic (exact) mass is 336 g/mol. The zero-order chi connectivity index (χ0) is 16.5. The first kappa shape index (κ1) is 16.9. The fourth-order valence-corrected chi connectivity index (χ4v) is 2.53. The van der Waals surface area contributed by atoms with Crippen molar-refractivity contribution in [1.82, 2.24) is 10.2 Å². The largest absolute Gasteiger partial charge is 0.419 e. The van der Waals surface area contributed by atoms with Crippen molar-refractivity contribution < 1.29 is 23.1 Å². The summed E-state index contributed by atoms with van der Waals surface area (Å²) in [5.41, 5.74) is -2.09. The van der Waals surface area contributed by atoms with E-state index in [0.29, 0.717) is 5.02 Å². The lowest BCUT2D eigenvalue weighted by atomic mass is 10.0. The molecule has 1 aliphatic rings. The standard InChI is InChI=1S/C14H16ClF3N2O2/c1-9(10-3-2-4-11(15)7-10)19-12(21)20-6-5-13(22,8-20)14(16,17)18/h2-4,7,9,22H,5-6,8H2,1H3,(H,19,21)/t9-,13-/m0/s1. The Hall–Kier alpha value is -1.47. The number of halogens is 4. The van der Waals surface area contributed by atoms with Crippen LogP contribution in [-0.4, -0.2) is 40.9 Å². The first-order valence-electron chi connectivity index (χ1n) is 6.72. The fraction of sp³-hybridized carbons (Fsp3) is 0.500. The van der Waals surface area contributed by atoms with Crippen molar-refractivity contribution >= 4 is 17.6 Å². The SMILES string of the molecule is C[C@H](NC(=O)N1CC[C@@](O)(C(F)(F)F)C1)c1cccc(Cl)c1. The first-order chi connectivity index (χ1) is 10.1. The number of alkyl halides is 3. The van der Waals surface area contributed by atoms with Crippen molar-refractivity contribution in [3.05, 3.63) is 34.9 Å². The van der Waals surface area contributed by atoms with Crippen molar-refractivity contribution in [3.63, 3.8) is 0 Å². The molecule has 1 heterocycles. The molecule has 2 rings (SSSR count). The van der Waals surface area contributed by atoms with Crippen LogP contribution < -0.4 is 5.32 Å². The Morgan fingerprint density at radius 2 is 2.18 bits per heavy atom. The summed E-state index contributed by atoms with van der Waals surface area (Å²) in [6, 6.07) is 5.77. The quantitative estimate of drug-likeness (QED) is 0.872. The molecule has 0 unspecified atom stereocenters. The summed E-state index contributed by atoms with van der Waals surface area (Å²) in [4.78, 5) is 13.0. The number of nitrogens with zero attached hydrogens (tertiary/aromatic N) is 1. The van der Waals surface area contributed by atoms with Crippen LogP contribution in [0.4, 0.5) is 18.0 Å². The van der Waals surface area contributed by atoms with E-state index >= 15 is 0 Å². The number of β-amino-alcohol motifs (C(OH)–C–C–N with tert-alkyl or cyclic N) is 1. The van der Waals surface area contributed by atoms with E-state index in [-0.39, 0.29) is 6.54 Å². The van der Waals surface area contributed by atoms with Gasteiger partial charge in [0.15, 0.2) is 5.60 Å². The van der Waals surface area contributed by atoms with Crippen molar-refractivity contribution in [2.75, 3.05) is 13.1 Å². The van der Waals surface area contributed by atoms with Crippen LogP contribution in [0.5, 0.6) is 0 Å². The third kappa shape index (κ3) is 3.47. The van der Waals surface area contributed by atoms with Crippen molar-refractivity contribution in [2.24, 2.45) is 0 Å². The average Bonchev–Trinajstić information content (AvgIpc) is 2.82. The van der Waals surface area contributed by atoms with Crippen LogP contribution in [0.2, 0.25) is 5.02 Å². The van der Waals surface area contributed by atoms with Gasteiger partial charge in [-0.3, -0.25) is 0 Å². The van der Waals surface area contributed by atoms with Gasteiger partial charge in [-0.15, -0.1) is 0 Å². The summed E-state index contributed by atoms with van der Waals surface area (Å²) in [5, 5.41) is 12.7. The molecule has 0 spiro atoms. The van der Waals surface area contributed by atoms with Gasteiger partial charge < -0.3 is 15.3 Å². The van der Waals surface area contributed by atoms with Crippen molar-refractivity contribution in [2.45, 2.75) is 31.2 Å². The predicted octanol–water partition coefficient (Wildman–Crippen LogP) is 3.11. The summed E-state index contributed by atoms with van der Waals surface area (Å²) >= 11 is 5.86. The molecule has 0 radical (unpaired) electrons. The van der Waals surface area contributed by atoms with Crippen LogP contribution in [0.15, 0.2) is 24.3 Å². The molecule has 22 heavy (non-hydrogen) atoms. The molecule has 1 aromatic carbocycles. The molecule has 0 bridgehead atoms. The van der Waals surface area contributed by atoms with Crippen LogP contribution >= 0.6 is 11.6 Å². The average molecular weight is 337 g/mol. The highest BCUT2D eigenvalue weighted by Crippen LogP contribution is 2.37. The molecule has 122 valence electrons. The molecule has 0 saturated carbocycles. The lowest BCUT2D eigenvalue weighted by molar-refractivity contribution is -0.253. The van der Waals surface area contributed by atoms with E-state index in [9.17, 15) is 23.1 Å². The maximum absolute atomic E-state index is 12.7. The van der Waals surface area contributed by atoms with Crippen LogP contribution in [0.1, 0.15) is 24.9 Å². The van der Waals surface area contributed by atoms with Gasteiger partial charge in [-0.25, -0.2) is 4.79 Å². The van der Waals surface area contributed by atoms with Gasteiger partial charge in [-0.05, 0) is 24.6 Å². The van der Waals surface area contributed by atoms with Crippen LogP contribution in [0.25, 0.3) is 0 Å². The predicted molar refractivity (Wildman–Crippen MR) is 75.6 cm³/mol. The number of nitrogens with one attached hydrogen (secondary N) is 1. The zero-order valence-electron chi connectivity index (χ0n) is 11.8. The molecule has 0 aliphatic carbocycles. The number of hydrogen-bond acceptors (Lipinski definition) is 2. The summed E-state index contributed by atoms with van der Waals surface area (Å²) in [7, 11) is 0. The first-order valence-corrected chi connectivity index (χ1v) is 7.10. The summed E-state index contributed by atoms with van der Waals surface area (Å²) < 4.78 is 38.2. The molecule has 1 fully saturated rings. The number of amides is 2. The maximum Gasteiger partial charge on any atom is 0.419 e. The number of benzene rings is 1. The number of carbonyl (C=O) groups excluding carboxylic acids is 1. The molecule has 2 amide bonds. The lowest BCUT2D eigenvalue weighted by Crippen LogP contribution is -2.49. The Morgan fingerprint density at radius 1 is 1.50 bits per heavy atom. The van der Waals surface area contributed by atoms with Gasteiger partial charge in [0.25, 0.3) is 0 Å². The Kier molecular flexibility index (Phi) is 4.58. The third-order valence-corrected chi connectivity index (χ3v) is 3.99. The Labute approximate surface area is 130 Å². The van der Waals surface area contributed by atoms with Gasteiger partial charge in [0.2, 0.25) is 0 Å². The van der Waals surface area contributed by atoms with E-state index < -0.39 is 36.8 Å². The van der Waals surface area contributed by atoms with Gasteiger partial charge >= 0.3 is 12.2 Å². The Morgan fingerprint density at radius 3 is 2.73 bits per heavy atom. The summed E-state index contributed by atoms with van der Waals surface area (Å²) in [5.74, 6) is 0. The molecule has 0 aromatic heterocycles. The highest BCUT2D eigenvalue weighted by atomic mass is 35.5. The summed E-state index contributed by atoms with van der Waals surface area (Å²) in [6.07, 6.45) is -5.27. The minimum Gasteiger partial charge on any atom is -0.379 e. The number of rotatable bonds is 2. The van der Waals surface area contributed by atoms with Crippen LogP contribution in [-0.2, 0) is 0 Å². The number of aliphatic hydroxyl groups is 1. The fourth-order valence-electron chi connectivity index (χ4n) is 2.33. The molecular weight excluding hydrogens is 321 g/mol. The second-order valence-corrected chi connectivity index (χ2v) is 5.86. The molecule has 8 heteroatoms. The zero-order valence-corrected chi connectivity index (χ0v) is 12.6. The molecular formula is C14H16ClF3N2O2. The topological polar surface area (TPSA) is 52.6 Å². The maximum atomic E-state index is 12.7. The van der Waals surface area contributed by atoms with Gasteiger partial charge in [0.1, 0.15) is 0 Å². The molecule has 1 saturated heterocycles. The van der Waals surface area contributed by atoms with Gasteiger partial charge in [-0.1, -0.05) is 23.7 Å². The normalized spacial score (nSPS) is 23.5. The minimum atomic E-state index is -4.75.